The largest absolute Gasteiger partial charge is 0.300 e. The van der Waals surface area contributed by atoms with E-state index in [4.69, 9.17) is 0 Å². The normalized spacial score (nSPS) is 10.1. The highest BCUT2D eigenvalue weighted by Gasteiger charge is 2.18. The van der Waals surface area contributed by atoms with Crippen LogP contribution in [0.1, 0.15) is 34.1 Å². The molecule has 0 fully saturated rings. The van der Waals surface area contributed by atoms with Crippen LogP contribution < -0.4 is 0 Å². The summed E-state index contributed by atoms with van der Waals surface area (Å²) >= 11 is 6.23. The number of ketones is 2. The van der Waals surface area contributed by atoms with E-state index in [1.807, 2.05) is 20.8 Å². The Balaban J connectivity index is 0. The van der Waals surface area contributed by atoms with Gasteiger partial charge in [0.15, 0.2) is 0 Å². The van der Waals surface area contributed by atoms with E-state index >= 15 is 0 Å². The summed E-state index contributed by atoms with van der Waals surface area (Å²) in [6.07, 6.45) is 0.653. The molecule has 0 saturated carbocycles. The molecule has 0 aromatic rings. The zero-order valence-corrected chi connectivity index (χ0v) is 12.4. The number of Topliss-reactive ketones (excluding diaryl/α,β-unsaturated/α-hetero) is 2. The monoisotopic (exact) mass is 328 g/mol. The van der Waals surface area contributed by atoms with Gasteiger partial charge in [-0.25, -0.2) is 0 Å². The van der Waals surface area contributed by atoms with Crippen LogP contribution in [0, 0.1) is 5.41 Å². The first-order chi connectivity index (χ1) is 6.25. The highest BCUT2D eigenvalue weighted by Crippen LogP contribution is 2.14. The molecule has 0 aromatic carbocycles. The minimum Gasteiger partial charge on any atom is -0.300 e. The van der Waals surface area contributed by atoms with Crippen molar-refractivity contribution >= 4 is 43.4 Å². The van der Waals surface area contributed by atoms with Crippen molar-refractivity contribution in [3.63, 3.8) is 0 Å². The standard InChI is InChI=1S/C6H11BrO.C4H7BrO/c1-6(2,3)5(8)4-7;1-4(6)2-3-5/h4H2,1-3H3;2-3H2,1H3. The van der Waals surface area contributed by atoms with Gasteiger partial charge < -0.3 is 0 Å². The molecule has 14 heavy (non-hydrogen) atoms. The number of hydrogen-bond acceptors (Lipinski definition) is 2. The molecule has 0 aliphatic heterocycles. The van der Waals surface area contributed by atoms with Crippen LogP contribution in [0.2, 0.25) is 0 Å². The number of halogens is 2. The molecule has 0 aliphatic carbocycles. The van der Waals surface area contributed by atoms with Gasteiger partial charge in [0, 0.05) is 17.2 Å². The van der Waals surface area contributed by atoms with E-state index in [1.54, 1.807) is 6.92 Å². The summed E-state index contributed by atoms with van der Waals surface area (Å²) in [5.74, 6) is 0.490. The maximum Gasteiger partial charge on any atom is 0.148 e. The average Bonchev–Trinajstić information content (AvgIpc) is 2.02. The van der Waals surface area contributed by atoms with E-state index in [0.717, 1.165) is 5.33 Å². The van der Waals surface area contributed by atoms with E-state index in [1.165, 1.54) is 0 Å². The first-order valence-electron chi connectivity index (χ1n) is 4.40. The predicted molar refractivity (Wildman–Crippen MR) is 67.3 cm³/mol. The van der Waals surface area contributed by atoms with E-state index in [2.05, 4.69) is 31.9 Å². The number of rotatable bonds is 3. The highest BCUT2D eigenvalue weighted by molar-refractivity contribution is 9.09. The average molecular weight is 330 g/mol. The van der Waals surface area contributed by atoms with Gasteiger partial charge >= 0.3 is 0 Å². The molecule has 4 heteroatoms. The number of carbonyl (C=O) groups is 2. The summed E-state index contributed by atoms with van der Waals surface area (Å²) in [7, 11) is 0. The van der Waals surface area contributed by atoms with Crippen molar-refractivity contribution in [2.45, 2.75) is 34.1 Å². The molecule has 0 rings (SSSR count). The second kappa shape index (κ2) is 8.60. The van der Waals surface area contributed by atoms with E-state index in [-0.39, 0.29) is 17.0 Å². The maximum atomic E-state index is 10.8. The van der Waals surface area contributed by atoms with Gasteiger partial charge in [0.05, 0.1) is 5.33 Å². The van der Waals surface area contributed by atoms with Gasteiger partial charge in [0.1, 0.15) is 11.6 Å². The fourth-order valence-corrected chi connectivity index (χ4v) is 1.73. The summed E-state index contributed by atoms with van der Waals surface area (Å²) in [4.78, 5) is 20.8. The summed E-state index contributed by atoms with van der Waals surface area (Å²) in [6, 6.07) is 0. The minimum absolute atomic E-state index is 0.177. The third-order valence-electron chi connectivity index (χ3n) is 1.40. The third-order valence-corrected chi connectivity index (χ3v) is 2.31. The van der Waals surface area contributed by atoms with Crippen molar-refractivity contribution in [1.29, 1.82) is 0 Å². The summed E-state index contributed by atoms with van der Waals surface area (Å²) in [5.41, 5.74) is -0.177. The Kier molecular flexibility index (Phi) is 10.3. The van der Waals surface area contributed by atoms with E-state index < -0.39 is 0 Å². The van der Waals surface area contributed by atoms with Crippen LogP contribution in [-0.2, 0) is 9.59 Å². The Morgan fingerprint density at radius 1 is 1.14 bits per heavy atom. The molecule has 2 nitrogen and oxygen atoms in total. The van der Waals surface area contributed by atoms with Crippen LogP contribution in [0.5, 0.6) is 0 Å². The van der Waals surface area contributed by atoms with E-state index in [9.17, 15) is 9.59 Å². The first-order valence-corrected chi connectivity index (χ1v) is 6.64. The van der Waals surface area contributed by atoms with Crippen molar-refractivity contribution in [3.05, 3.63) is 0 Å². The lowest BCUT2D eigenvalue weighted by Gasteiger charge is -2.13. The van der Waals surface area contributed by atoms with Crippen molar-refractivity contribution in [3.8, 4) is 0 Å². The van der Waals surface area contributed by atoms with Gasteiger partial charge in [-0.1, -0.05) is 52.6 Å². The zero-order chi connectivity index (χ0) is 11.8. The molecule has 0 atom stereocenters. The van der Waals surface area contributed by atoms with Crippen LogP contribution in [0.3, 0.4) is 0 Å². The molecule has 0 spiro atoms. The molecule has 0 amide bonds. The van der Waals surface area contributed by atoms with Crippen LogP contribution in [0.15, 0.2) is 0 Å². The smallest absolute Gasteiger partial charge is 0.148 e. The molecule has 0 aromatic heterocycles. The van der Waals surface area contributed by atoms with Crippen molar-refractivity contribution in [2.24, 2.45) is 5.41 Å². The molecular formula is C10H18Br2O2. The summed E-state index contributed by atoms with van der Waals surface area (Å²) in [6.45, 7) is 7.32. The quantitative estimate of drug-likeness (QED) is 0.744. The van der Waals surface area contributed by atoms with Gasteiger partial charge in [-0.05, 0) is 6.92 Å². The second-order valence-corrected chi connectivity index (χ2v) is 5.30. The van der Waals surface area contributed by atoms with Crippen LogP contribution in [0.4, 0.5) is 0 Å². The molecule has 0 bridgehead atoms. The molecule has 84 valence electrons. The van der Waals surface area contributed by atoms with Gasteiger partial charge in [-0.15, -0.1) is 0 Å². The molecule has 0 unspecified atom stereocenters. The Labute approximate surface area is 103 Å². The topological polar surface area (TPSA) is 34.1 Å². The zero-order valence-electron chi connectivity index (χ0n) is 9.19. The van der Waals surface area contributed by atoms with Gasteiger partial charge in [-0.3, -0.25) is 9.59 Å². The lowest BCUT2D eigenvalue weighted by molar-refractivity contribution is -0.123. The van der Waals surface area contributed by atoms with Crippen molar-refractivity contribution in [1.82, 2.24) is 0 Å². The molecule has 0 N–H and O–H groups in total. The number of alkyl halides is 2. The Morgan fingerprint density at radius 3 is 1.57 bits per heavy atom. The Morgan fingerprint density at radius 2 is 1.57 bits per heavy atom. The predicted octanol–water partition coefficient (Wildman–Crippen LogP) is 3.36. The van der Waals surface area contributed by atoms with Crippen LogP contribution in [0.25, 0.3) is 0 Å². The summed E-state index contributed by atoms with van der Waals surface area (Å²) in [5, 5.41) is 1.26. The molecule has 0 saturated heterocycles. The van der Waals surface area contributed by atoms with Crippen molar-refractivity contribution in [2.75, 3.05) is 10.7 Å². The fraction of sp³-hybridized carbons (Fsp3) is 0.800. The van der Waals surface area contributed by atoms with E-state index in [0.29, 0.717) is 11.8 Å². The molecule has 0 aliphatic rings. The van der Waals surface area contributed by atoms with Crippen LogP contribution in [-0.4, -0.2) is 22.2 Å². The minimum atomic E-state index is -0.177. The first kappa shape index (κ1) is 16.7. The fourth-order valence-electron chi connectivity index (χ4n) is 0.334. The number of hydrogen-bond donors (Lipinski definition) is 0. The summed E-state index contributed by atoms with van der Waals surface area (Å²) < 4.78 is 0. The van der Waals surface area contributed by atoms with Crippen molar-refractivity contribution < 1.29 is 9.59 Å². The maximum absolute atomic E-state index is 10.8. The third kappa shape index (κ3) is 12.3. The Hall–Kier alpha value is 0.300. The second-order valence-electron chi connectivity index (χ2n) is 3.95. The van der Waals surface area contributed by atoms with Gasteiger partial charge in [0.2, 0.25) is 0 Å². The Bertz CT molecular complexity index is 183. The number of carbonyl (C=O) groups excluding carboxylic acids is 2. The molecule has 0 radical (unpaired) electrons. The molecule has 0 heterocycles. The lowest BCUT2D eigenvalue weighted by Crippen LogP contribution is -2.20. The van der Waals surface area contributed by atoms with Gasteiger partial charge in [-0.2, -0.15) is 0 Å². The SMILES string of the molecule is CC(=O)CCBr.CC(C)(C)C(=O)CBr. The van der Waals surface area contributed by atoms with Gasteiger partial charge in [0.25, 0.3) is 0 Å². The van der Waals surface area contributed by atoms with Crippen LogP contribution >= 0.6 is 31.9 Å². The highest BCUT2D eigenvalue weighted by atomic mass is 79.9. The molecular weight excluding hydrogens is 312 g/mol. The lowest BCUT2D eigenvalue weighted by atomic mass is 9.92.